The van der Waals surface area contributed by atoms with Crippen LogP contribution < -0.4 is 10.1 Å². The van der Waals surface area contributed by atoms with Gasteiger partial charge in [0.05, 0.1) is 24.7 Å². The third-order valence-corrected chi connectivity index (χ3v) is 6.23. The smallest absolute Gasteiger partial charge is 0.336 e. The summed E-state index contributed by atoms with van der Waals surface area (Å²) in [5, 5.41) is 14.6. The second kappa shape index (κ2) is 8.90. The van der Waals surface area contributed by atoms with Crippen LogP contribution in [0.3, 0.4) is 0 Å². The third-order valence-electron chi connectivity index (χ3n) is 6.23. The molecule has 2 aromatic carbocycles. The Bertz CT molecular complexity index is 1210. The fraction of sp³-hybridized carbons (Fsp3) is 0.280. The van der Waals surface area contributed by atoms with Gasteiger partial charge in [-0.3, -0.25) is 14.9 Å². The number of nitrogens with one attached hydrogen (secondary N) is 1. The van der Waals surface area contributed by atoms with Crippen molar-refractivity contribution in [1.29, 1.82) is 0 Å². The summed E-state index contributed by atoms with van der Waals surface area (Å²) in [6.07, 6.45) is 0.776. The number of nitrogens with zero attached hydrogens (tertiary/aromatic N) is 1. The van der Waals surface area contributed by atoms with Gasteiger partial charge in [-0.1, -0.05) is 30.3 Å². The van der Waals surface area contributed by atoms with Crippen molar-refractivity contribution in [3.63, 3.8) is 0 Å². The molecule has 0 spiro atoms. The van der Waals surface area contributed by atoms with Gasteiger partial charge in [0, 0.05) is 47.4 Å². The van der Waals surface area contributed by atoms with Gasteiger partial charge in [-0.25, -0.2) is 4.79 Å². The molecule has 0 amide bonds. The zero-order chi connectivity index (χ0) is 23.7. The van der Waals surface area contributed by atoms with Crippen LogP contribution in [0, 0.1) is 10.1 Å². The first-order valence-corrected chi connectivity index (χ1v) is 10.5. The maximum atomic E-state index is 13.5. The lowest BCUT2D eigenvalue weighted by molar-refractivity contribution is -0.384. The molecule has 8 heteroatoms. The Hall–Kier alpha value is -3.94. The Morgan fingerprint density at radius 1 is 1.12 bits per heavy atom. The van der Waals surface area contributed by atoms with Crippen molar-refractivity contribution >= 4 is 17.4 Å². The number of hydrogen-bond donors (Lipinski definition) is 1. The predicted octanol–water partition coefficient (Wildman–Crippen LogP) is 4.14. The number of ether oxygens (including phenoxy) is 2. The first kappa shape index (κ1) is 22.3. The second-order valence-electron chi connectivity index (χ2n) is 8.10. The third kappa shape index (κ3) is 4.00. The van der Waals surface area contributed by atoms with Crippen molar-refractivity contribution in [3.8, 4) is 5.75 Å². The van der Waals surface area contributed by atoms with Crippen LogP contribution in [-0.2, 0) is 14.3 Å². The number of benzene rings is 2. The number of methoxy groups -OCH3 is 2. The molecule has 170 valence electrons. The van der Waals surface area contributed by atoms with E-state index in [1.165, 1.54) is 19.2 Å². The summed E-state index contributed by atoms with van der Waals surface area (Å²) >= 11 is 0. The standard InChI is InChI=1S/C25H24N2O6/c1-14-22(25(29)33-3)23(15-7-6-8-17(11-15)27(30)31)24-19(26-14)12-16(13-20(24)28)18-9-4-5-10-21(18)32-2/h4-11,16,23,26H,12-13H2,1-3H3/t16-,23-/m0/s1. The van der Waals surface area contributed by atoms with Crippen LogP contribution >= 0.6 is 0 Å². The molecule has 2 aliphatic rings. The summed E-state index contributed by atoms with van der Waals surface area (Å²) in [4.78, 5) is 37.1. The van der Waals surface area contributed by atoms with Crippen LogP contribution in [0.2, 0.25) is 0 Å². The van der Waals surface area contributed by atoms with E-state index in [9.17, 15) is 19.7 Å². The molecule has 1 aliphatic carbocycles. The van der Waals surface area contributed by atoms with E-state index in [0.29, 0.717) is 34.7 Å². The quantitative estimate of drug-likeness (QED) is 0.416. The van der Waals surface area contributed by atoms with Crippen LogP contribution in [0.1, 0.15) is 42.7 Å². The van der Waals surface area contributed by atoms with Crippen molar-refractivity contribution < 1.29 is 24.0 Å². The Morgan fingerprint density at radius 2 is 1.88 bits per heavy atom. The number of carbonyl (C=O) groups is 2. The molecule has 33 heavy (non-hydrogen) atoms. The number of allylic oxidation sites excluding steroid dienone is 3. The fourth-order valence-electron chi connectivity index (χ4n) is 4.79. The van der Waals surface area contributed by atoms with Crippen LogP contribution in [0.4, 0.5) is 5.69 Å². The Morgan fingerprint density at radius 3 is 2.58 bits per heavy atom. The summed E-state index contributed by atoms with van der Waals surface area (Å²) < 4.78 is 10.5. The number of hydrogen-bond acceptors (Lipinski definition) is 7. The van der Waals surface area contributed by atoms with Gasteiger partial charge in [-0.15, -0.1) is 0 Å². The van der Waals surface area contributed by atoms with Gasteiger partial charge in [-0.05, 0) is 30.5 Å². The van der Waals surface area contributed by atoms with Crippen molar-refractivity contribution in [2.24, 2.45) is 0 Å². The molecule has 0 aromatic heterocycles. The molecule has 2 atom stereocenters. The molecule has 0 fully saturated rings. The van der Waals surface area contributed by atoms with E-state index in [1.807, 2.05) is 24.3 Å². The minimum atomic E-state index is -0.750. The maximum Gasteiger partial charge on any atom is 0.336 e. The molecule has 4 rings (SSSR count). The molecule has 0 unspecified atom stereocenters. The predicted molar refractivity (Wildman–Crippen MR) is 121 cm³/mol. The summed E-state index contributed by atoms with van der Waals surface area (Å²) in [6.45, 7) is 1.75. The highest BCUT2D eigenvalue weighted by molar-refractivity contribution is 6.04. The summed E-state index contributed by atoms with van der Waals surface area (Å²) in [5.74, 6) is -0.835. The SMILES string of the molecule is COC(=O)C1=C(C)NC2=C(C(=O)C[C@@H](c3ccccc3OC)C2)[C@H]1c1cccc([N+](=O)[O-])c1. The number of nitro benzene ring substituents is 1. The van der Waals surface area contributed by atoms with Gasteiger partial charge in [-0.2, -0.15) is 0 Å². The largest absolute Gasteiger partial charge is 0.496 e. The monoisotopic (exact) mass is 448 g/mol. The zero-order valence-electron chi connectivity index (χ0n) is 18.6. The number of dihydropyridines is 1. The highest BCUT2D eigenvalue weighted by atomic mass is 16.6. The molecular weight excluding hydrogens is 424 g/mol. The Labute approximate surface area is 191 Å². The topological polar surface area (TPSA) is 108 Å². The van der Waals surface area contributed by atoms with Crippen molar-refractivity contribution in [1.82, 2.24) is 5.32 Å². The molecule has 1 N–H and O–H groups in total. The van der Waals surface area contributed by atoms with Crippen LogP contribution in [0.5, 0.6) is 5.75 Å². The average molecular weight is 448 g/mol. The first-order chi connectivity index (χ1) is 15.8. The second-order valence-corrected chi connectivity index (χ2v) is 8.10. The van der Waals surface area contributed by atoms with Crippen LogP contribution in [0.25, 0.3) is 0 Å². The molecule has 8 nitrogen and oxygen atoms in total. The molecule has 1 heterocycles. The highest BCUT2D eigenvalue weighted by Gasteiger charge is 2.42. The fourth-order valence-corrected chi connectivity index (χ4v) is 4.79. The molecule has 2 aromatic rings. The summed E-state index contributed by atoms with van der Waals surface area (Å²) in [6, 6.07) is 13.7. The van der Waals surface area contributed by atoms with Crippen molar-refractivity contribution in [3.05, 3.63) is 92.3 Å². The average Bonchev–Trinajstić information content (AvgIpc) is 2.82. The van der Waals surface area contributed by atoms with Crippen molar-refractivity contribution in [2.75, 3.05) is 14.2 Å². The van der Waals surface area contributed by atoms with E-state index in [-0.39, 0.29) is 29.4 Å². The maximum absolute atomic E-state index is 13.5. The lowest BCUT2D eigenvalue weighted by atomic mass is 9.71. The van der Waals surface area contributed by atoms with Gasteiger partial charge >= 0.3 is 5.97 Å². The number of carbonyl (C=O) groups excluding carboxylic acids is 2. The van der Waals surface area contributed by atoms with E-state index in [4.69, 9.17) is 9.47 Å². The van der Waals surface area contributed by atoms with E-state index in [2.05, 4.69) is 5.32 Å². The number of rotatable bonds is 5. The molecule has 1 aliphatic heterocycles. The van der Waals surface area contributed by atoms with Gasteiger partial charge in [0.15, 0.2) is 5.78 Å². The number of nitro groups is 1. The first-order valence-electron chi connectivity index (χ1n) is 10.5. The lowest BCUT2D eigenvalue weighted by Gasteiger charge is -2.36. The van der Waals surface area contributed by atoms with E-state index in [0.717, 1.165) is 5.56 Å². The molecule has 0 saturated heterocycles. The van der Waals surface area contributed by atoms with Gasteiger partial charge in [0.2, 0.25) is 0 Å². The van der Waals surface area contributed by atoms with Gasteiger partial charge in [0.25, 0.3) is 5.69 Å². The molecular formula is C25H24N2O6. The number of esters is 1. The van der Waals surface area contributed by atoms with Gasteiger partial charge in [0.1, 0.15) is 5.75 Å². The van der Waals surface area contributed by atoms with Crippen LogP contribution in [0.15, 0.2) is 71.1 Å². The molecule has 0 bridgehead atoms. The highest BCUT2D eigenvalue weighted by Crippen LogP contribution is 2.47. The Kier molecular flexibility index (Phi) is 6.00. The number of Topliss-reactive ketones (excluding diaryl/α,β-unsaturated/α-hetero) is 1. The van der Waals surface area contributed by atoms with E-state index >= 15 is 0 Å². The Balaban J connectivity index is 1.84. The normalized spacial score (nSPS) is 20.2. The minimum Gasteiger partial charge on any atom is -0.496 e. The molecule has 0 radical (unpaired) electrons. The number of para-hydroxylation sites is 1. The van der Waals surface area contributed by atoms with Gasteiger partial charge < -0.3 is 14.8 Å². The van der Waals surface area contributed by atoms with E-state index < -0.39 is 16.8 Å². The van der Waals surface area contributed by atoms with Crippen LogP contribution in [-0.4, -0.2) is 30.9 Å². The zero-order valence-corrected chi connectivity index (χ0v) is 18.6. The summed E-state index contributed by atoms with van der Waals surface area (Å²) in [7, 11) is 2.87. The van der Waals surface area contributed by atoms with Crippen molar-refractivity contribution in [2.45, 2.75) is 31.6 Å². The lowest BCUT2D eigenvalue weighted by Crippen LogP contribution is -2.36. The minimum absolute atomic E-state index is 0.0989. The van der Waals surface area contributed by atoms with E-state index in [1.54, 1.807) is 26.2 Å². The number of ketones is 1. The number of non-ortho nitro benzene ring substituents is 1. The summed E-state index contributed by atoms with van der Waals surface area (Å²) in [5.41, 5.74) is 3.34. The molecule has 0 saturated carbocycles.